The highest BCUT2D eigenvalue weighted by Gasteiger charge is 2.34. The van der Waals surface area contributed by atoms with Gasteiger partial charge >= 0.3 is 18.0 Å². The fourth-order valence-corrected chi connectivity index (χ4v) is 5.36. The summed E-state index contributed by atoms with van der Waals surface area (Å²) in [5.41, 5.74) is 5.21. The number of hydroxylamine groups is 3. The van der Waals surface area contributed by atoms with Crippen LogP contribution >= 0.6 is 0 Å². The normalized spacial score (nSPS) is 17.0. The number of hydrogen-bond acceptors (Lipinski definition) is 11. The molecule has 2 fully saturated rings. The molecule has 316 valence electrons. The number of aliphatic hydroxyl groups excluding tert-OH is 1. The molecule has 2 heterocycles. The number of rotatable bonds is 9. The Bertz CT molecular complexity index is 1560. The van der Waals surface area contributed by atoms with Gasteiger partial charge in [-0.2, -0.15) is 10.5 Å². The second-order valence-corrected chi connectivity index (χ2v) is 16.6. The summed E-state index contributed by atoms with van der Waals surface area (Å²) in [7, 11) is 0. The van der Waals surface area contributed by atoms with Gasteiger partial charge in [-0.3, -0.25) is 4.84 Å². The van der Waals surface area contributed by atoms with E-state index in [1.165, 1.54) is 16.2 Å². The Hall–Kier alpha value is -4.33. The molecule has 2 saturated heterocycles. The van der Waals surface area contributed by atoms with Crippen LogP contribution in [0.4, 0.5) is 4.79 Å². The minimum atomic E-state index is -0.581. The van der Waals surface area contributed by atoms with Crippen molar-refractivity contribution in [2.45, 2.75) is 123 Å². The number of benzene rings is 3. The third kappa shape index (κ3) is 21.7. The predicted octanol–water partition coefficient (Wildman–Crippen LogP) is 8.81. The van der Waals surface area contributed by atoms with E-state index in [-0.39, 0.29) is 18.6 Å². The minimum absolute atomic E-state index is 0.0266. The molecule has 57 heavy (non-hydrogen) atoms. The van der Waals surface area contributed by atoms with Crippen molar-refractivity contribution in [1.29, 1.82) is 0 Å². The zero-order chi connectivity index (χ0) is 42.5. The Labute approximate surface area is 340 Å². The molecule has 12 nitrogen and oxygen atoms in total. The van der Waals surface area contributed by atoms with Gasteiger partial charge in [0.2, 0.25) is 0 Å². The first-order valence-electron chi connectivity index (χ1n) is 19.6. The van der Waals surface area contributed by atoms with E-state index in [0.29, 0.717) is 25.2 Å². The maximum Gasteiger partial charge on any atom is 0.435 e. The summed E-state index contributed by atoms with van der Waals surface area (Å²) in [6.07, 6.45) is 2.34. The van der Waals surface area contributed by atoms with Gasteiger partial charge in [0, 0.05) is 13.0 Å². The molecular weight excluding hydrogens is 728 g/mol. The monoisotopic (exact) mass is 794 g/mol. The SMILES string of the molecule is CC(C)(C)OC(=O)CO.CC(C)(C)OC(=O)N1OCC[C@H]1c1ccccc1.C[C@H](CCOCC(=O)OC(C)(C)C)c1ccccc1.c1ccc([C@@H]2CCON2)cc1. The first kappa shape index (κ1) is 48.8. The molecular formula is C45H66N2O10. The van der Waals surface area contributed by atoms with E-state index in [9.17, 15) is 14.4 Å². The lowest BCUT2D eigenvalue weighted by Gasteiger charge is -2.27. The van der Waals surface area contributed by atoms with E-state index >= 15 is 0 Å². The van der Waals surface area contributed by atoms with Crippen molar-refractivity contribution in [1.82, 2.24) is 10.5 Å². The number of ether oxygens (including phenoxy) is 4. The van der Waals surface area contributed by atoms with Crippen LogP contribution in [0.3, 0.4) is 0 Å². The smallest absolute Gasteiger partial charge is 0.435 e. The molecule has 2 N–H and O–H groups in total. The molecule has 0 aromatic heterocycles. The fourth-order valence-electron chi connectivity index (χ4n) is 5.36. The van der Waals surface area contributed by atoms with Crippen molar-refractivity contribution < 1.29 is 48.1 Å². The Morgan fingerprint density at radius 3 is 1.70 bits per heavy atom. The second kappa shape index (κ2) is 24.4. The number of amides is 1. The van der Waals surface area contributed by atoms with E-state index in [1.54, 1.807) is 20.8 Å². The number of aliphatic hydroxyl groups is 1. The summed E-state index contributed by atoms with van der Waals surface area (Å²) >= 11 is 0. The molecule has 3 atom stereocenters. The van der Waals surface area contributed by atoms with E-state index in [1.807, 2.05) is 96.1 Å². The maximum absolute atomic E-state index is 12.0. The molecule has 2 aliphatic heterocycles. The number of carbonyl (C=O) groups excluding carboxylic acids is 3. The highest BCUT2D eigenvalue weighted by Crippen LogP contribution is 2.31. The molecule has 0 aliphatic carbocycles. The van der Waals surface area contributed by atoms with Gasteiger partial charge in [-0.05, 0) is 97.8 Å². The van der Waals surface area contributed by atoms with Crippen LogP contribution in [0, 0.1) is 0 Å². The quantitative estimate of drug-likeness (QED) is 0.122. The number of esters is 2. The van der Waals surface area contributed by atoms with Gasteiger partial charge in [0.05, 0.1) is 25.3 Å². The van der Waals surface area contributed by atoms with Gasteiger partial charge in [-0.1, -0.05) is 97.9 Å². The summed E-state index contributed by atoms with van der Waals surface area (Å²) in [5.74, 6) is -0.456. The van der Waals surface area contributed by atoms with Crippen LogP contribution in [-0.2, 0) is 38.2 Å². The van der Waals surface area contributed by atoms with Gasteiger partial charge in [-0.25, -0.2) is 14.4 Å². The van der Waals surface area contributed by atoms with E-state index in [0.717, 1.165) is 31.4 Å². The summed E-state index contributed by atoms with van der Waals surface area (Å²) in [4.78, 5) is 44.3. The predicted molar refractivity (Wildman–Crippen MR) is 220 cm³/mol. The Morgan fingerprint density at radius 1 is 0.719 bits per heavy atom. The lowest BCUT2D eigenvalue weighted by atomic mass is 9.98. The summed E-state index contributed by atoms with van der Waals surface area (Å²) in [6.45, 7) is 19.9. The molecule has 3 aromatic rings. The van der Waals surface area contributed by atoms with Crippen LogP contribution in [0.1, 0.15) is 123 Å². The molecule has 5 rings (SSSR count). The lowest BCUT2D eigenvalue weighted by molar-refractivity contribution is -0.160. The van der Waals surface area contributed by atoms with E-state index < -0.39 is 35.5 Å². The van der Waals surface area contributed by atoms with Crippen LogP contribution in [0.2, 0.25) is 0 Å². The summed E-state index contributed by atoms with van der Waals surface area (Å²) < 4.78 is 20.6. The average molecular weight is 795 g/mol. The van der Waals surface area contributed by atoms with Crippen molar-refractivity contribution in [3.05, 3.63) is 108 Å². The zero-order valence-electron chi connectivity index (χ0n) is 35.6. The second-order valence-electron chi connectivity index (χ2n) is 16.6. The van der Waals surface area contributed by atoms with Crippen LogP contribution in [0.15, 0.2) is 91.0 Å². The zero-order valence-corrected chi connectivity index (χ0v) is 35.6. The first-order chi connectivity index (χ1) is 26.8. The van der Waals surface area contributed by atoms with Crippen molar-refractivity contribution in [2.75, 3.05) is 33.0 Å². The standard InChI is InChI=1S/C16H24O3.C14H19NO3.C9H11NO.C6H12O3/c1-13(14-8-6-5-7-9-14)10-11-18-12-15(17)19-16(2,3)4;1-14(2,3)18-13(16)15-12(9-10-17-15)11-7-5-4-6-8-11;1-2-4-8(5-3-1)9-6-7-11-10-9;1-6(2,3)9-5(8)4-7/h5-9,13H,10-12H2,1-4H3;4-8,12H,9-10H2,1-3H3;1-5,9-10H,6-7H2;7H,4H2,1-3H3/t13-;12-;9-;/m100./s1. The highest BCUT2D eigenvalue weighted by molar-refractivity contribution is 5.71. The van der Waals surface area contributed by atoms with Crippen LogP contribution in [-0.4, -0.2) is 78.0 Å². The van der Waals surface area contributed by atoms with Crippen molar-refractivity contribution >= 4 is 18.0 Å². The average Bonchev–Trinajstić information content (AvgIpc) is 3.87. The van der Waals surface area contributed by atoms with Crippen LogP contribution in [0.5, 0.6) is 0 Å². The summed E-state index contributed by atoms with van der Waals surface area (Å²) in [5, 5.41) is 9.57. The molecule has 0 bridgehead atoms. The first-order valence-corrected chi connectivity index (χ1v) is 19.6. The Balaban J connectivity index is 0.000000274. The lowest BCUT2D eigenvalue weighted by Crippen LogP contribution is -2.35. The third-order valence-electron chi connectivity index (χ3n) is 7.85. The number of hydrogen-bond donors (Lipinski definition) is 2. The molecule has 0 radical (unpaired) electrons. The molecule has 0 spiro atoms. The number of carbonyl (C=O) groups is 3. The minimum Gasteiger partial charge on any atom is -0.458 e. The molecule has 1 amide bonds. The maximum atomic E-state index is 12.0. The molecule has 12 heteroatoms. The van der Waals surface area contributed by atoms with Crippen molar-refractivity contribution in [3.63, 3.8) is 0 Å². The Kier molecular flexibility index (Phi) is 20.9. The highest BCUT2D eigenvalue weighted by atomic mass is 16.7. The summed E-state index contributed by atoms with van der Waals surface area (Å²) in [6, 6.07) is 30.9. The molecule has 0 unspecified atom stereocenters. The van der Waals surface area contributed by atoms with Crippen LogP contribution < -0.4 is 5.48 Å². The Morgan fingerprint density at radius 2 is 1.23 bits per heavy atom. The van der Waals surface area contributed by atoms with Crippen molar-refractivity contribution in [3.8, 4) is 0 Å². The molecule has 3 aromatic carbocycles. The fraction of sp³-hybridized carbons (Fsp3) is 0.533. The van der Waals surface area contributed by atoms with Gasteiger partial charge in [0.25, 0.3) is 0 Å². The van der Waals surface area contributed by atoms with E-state index in [2.05, 4.69) is 48.8 Å². The van der Waals surface area contributed by atoms with Gasteiger partial charge in [0.15, 0.2) is 0 Å². The van der Waals surface area contributed by atoms with Gasteiger partial charge < -0.3 is 28.9 Å². The van der Waals surface area contributed by atoms with Gasteiger partial charge in [-0.15, -0.1) is 0 Å². The van der Waals surface area contributed by atoms with Gasteiger partial charge in [0.1, 0.15) is 30.0 Å². The third-order valence-corrected chi connectivity index (χ3v) is 7.85. The van der Waals surface area contributed by atoms with Crippen LogP contribution in [0.25, 0.3) is 0 Å². The molecule has 0 saturated carbocycles. The number of nitrogens with zero attached hydrogens (tertiary/aromatic N) is 1. The topological polar surface area (TPSA) is 142 Å². The molecule has 2 aliphatic rings. The van der Waals surface area contributed by atoms with E-state index in [4.69, 9.17) is 33.7 Å². The number of nitrogens with one attached hydrogen (secondary N) is 1. The van der Waals surface area contributed by atoms with Crippen molar-refractivity contribution in [2.24, 2.45) is 0 Å². The largest absolute Gasteiger partial charge is 0.458 e.